The Balaban J connectivity index is 2.06. The first-order valence-electron chi connectivity index (χ1n) is 6.36. The number of aromatic nitrogens is 2. The van der Waals surface area contributed by atoms with Gasteiger partial charge in [0.15, 0.2) is 0 Å². The molecule has 0 amide bonds. The van der Waals surface area contributed by atoms with Gasteiger partial charge in [-0.2, -0.15) is 0 Å². The minimum absolute atomic E-state index is 0.118. The monoisotopic (exact) mass is 277 g/mol. The molecule has 5 nitrogen and oxygen atoms in total. The fourth-order valence-corrected chi connectivity index (χ4v) is 3.92. The van der Waals surface area contributed by atoms with Gasteiger partial charge in [-0.1, -0.05) is 6.92 Å². The molecule has 1 atom stereocenters. The Morgan fingerprint density at radius 3 is 3.21 bits per heavy atom. The number of anilines is 1. The van der Waals surface area contributed by atoms with Crippen molar-refractivity contribution in [1.29, 1.82) is 0 Å². The Morgan fingerprint density at radius 1 is 1.58 bits per heavy atom. The summed E-state index contributed by atoms with van der Waals surface area (Å²) in [6.45, 7) is 2.15. The third-order valence-corrected chi connectivity index (χ3v) is 4.66. The number of nitrogens with zero attached hydrogens (tertiary/aromatic N) is 2. The van der Waals surface area contributed by atoms with Gasteiger partial charge in [0.2, 0.25) is 0 Å². The number of carboxylic acid groups (broad SMARTS) is 1. The van der Waals surface area contributed by atoms with Crippen molar-refractivity contribution in [3.05, 3.63) is 16.8 Å². The molecular weight excluding hydrogens is 262 g/mol. The summed E-state index contributed by atoms with van der Waals surface area (Å²) in [5.74, 6) is 0.480. The lowest BCUT2D eigenvalue weighted by molar-refractivity contribution is -0.134. The van der Waals surface area contributed by atoms with Gasteiger partial charge in [0.25, 0.3) is 0 Å². The predicted octanol–water partition coefficient (Wildman–Crippen LogP) is 2.31. The van der Waals surface area contributed by atoms with Crippen LogP contribution in [0.3, 0.4) is 0 Å². The minimum atomic E-state index is -0.885. The number of aliphatic carboxylic acids is 1. The van der Waals surface area contributed by atoms with Crippen molar-refractivity contribution in [2.45, 2.75) is 26.2 Å². The molecule has 3 rings (SSSR count). The molecule has 0 bridgehead atoms. The zero-order chi connectivity index (χ0) is 13.4. The standard InChI is InChI=1S/C13H15N3O2S/c1-7-2-3-8-9(4-7)19-13-11(8)12(15-6-16-13)14-5-10(17)18/h6-7H,2-5H2,1H3,(H,17,18)(H,14,15,16). The van der Waals surface area contributed by atoms with Gasteiger partial charge in [0.05, 0.1) is 5.39 Å². The second-order valence-corrected chi connectivity index (χ2v) is 6.09. The fourth-order valence-electron chi connectivity index (χ4n) is 2.57. The van der Waals surface area contributed by atoms with Crippen molar-refractivity contribution in [2.75, 3.05) is 11.9 Å². The van der Waals surface area contributed by atoms with E-state index in [1.165, 1.54) is 23.2 Å². The summed E-state index contributed by atoms with van der Waals surface area (Å²) < 4.78 is 0. The van der Waals surface area contributed by atoms with Crippen LogP contribution in [0.2, 0.25) is 0 Å². The summed E-state index contributed by atoms with van der Waals surface area (Å²) in [4.78, 5) is 21.5. The van der Waals surface area contributed by atoms with Crippen LogP contribution >= 0.6 is 11.3 Å². The van der Waals surface area contributed by atoms with E-state index in [1.54, 1.807) is 11.3 Å². The SMILES string of the molecule is CC1CCc2c(sc3ncnc(NCC(=O)O)c23)C1. The Kier molecular flexibility index (Phi) is 3.10. The van der Waals surface area contributed by atoms with Crippen LogP contribution < -0.4 is 5.32 Å². The zero-order valence-electron chi connectivity index (χ0n) is 10.6. The van der Waals surface area contributed by atoms with Gasteiger partial charge in [0, 0.05) is 4.88 Å². The van der Waals surface area contributed by atoms with E-state index >= 15 is 0 Å². The van der Waals surface area contributed by atoms with Crippen molar-refractivity contribution >= 4 is 33.3 Å². The highest BCUT2D eigenvalue weighted by Crippen LogP contribution is 2.39. The van der Waals surface area contributed by atoms with Crippen molar-refractivity contribution in [3.8, 4) is 0 Å². The third-order valence-electron chi connectivity index (χ3n) is 3.50. The maximum absolute atomic E-state index is 10.7. The number of hydrogen-bond acceptors (Lipinski definition) is 5. The van der Waals surface area contributed by atoms with Gasteiger partial charge in [-0.05, 0) is 30.7 Å². The largest absolute Gasteiger partial charge is 0.480 e. The highest BCUT2D eigenvalue weighted by molar-refractivity contribution is 7.19. The van der Waals surface area contributed by atoms with Crippen molar-refractivity contribution < 1.29 is 9.90 Å². The molecule has 0 spiro atoms. The molecule has 0 radical (unpaired) electrons. The van der Waals surface area contributed by atoms with Crippen LogP contribution in [0.5, 0.6) is 0 Å². The van der Waals surface area contributed by atoms with Crippen LogP contribution in [0, 0.1) is 5.92 Å². The molecule has 2 aromatic heterocycles. The molecule has 1 aliphatic carbocycles. The molecule has 0 aliphatic heterocycles. The summed E-state index contributed by atoms with van der Waals surface area (Å²) in [7, 11) is 0. The van der Waals surface area contributed by atoms with Crippen LogP contribution in [0.15, 0.2) is 6.33 Å². The molecule has 0 saturated heterocycles. The number of carbonyl (C=O) groups is 1. The number of nitrogens with one attached hydrogen (secondary N) is 1. The van der Waals surface area contributed by atoms with Crippen molar-refractivity contribution in [2.24, 2.45) is 5.92 Å². The normalized spacial score (nSPS) is 18.3. The van der Waals surface area contributed by atoms with Gasteiger partial charge >= 0.3 is 5.97 Å². The van der Waals surface area contributed by atoms with Gasteiger partial charge in [0.1, 0.15) is 23.5 Å². The molecule has 0 aromatic carbocycles. The fraction of sp³-hybridized carbons (Fsp3) is 0.462. The van der Waals surface area contributed by atoms with E-state index in [0.717, 1.165) is 23.1 Å². The second-order valence-electron chi connectivity index (χ2n) is 5.00. The molecule has 2 aromatic rings. The van der Waals surface area contributed by atoms with Crippen LogP contribution in [-0.4, -0.2) is 27.6 Å². The molecular formula is C13H15N3O2S. The molecule has 1 aliphatic rings. The van der Waals surface area contributed by atoms with E-state index in [1.807, 2.05) is 0 Å². The maximum atomic E-state index is 10.7. The summed E-state index contributed by atoms with van der Waals surface area (Å²) in [6.07, 6.45) is 4.80. The summed E-state index contributed by atoms with van der Waals surface area (Å²) in [5.41, 5.74) is 1.31. The number of thiophene rings is 1. The van der Waals surface area contributed by atoms with E-state index in [-0.39, 0.29) is 6.54 Å². The summed E-state index contributed by atoms with van der Waals surface area (Å²) in [5, 5.41) is 12.7. The lowest BCUT2D eigenvalue weighted by atomic mass is 9.89. The topological polar surface area (TPSA) is 75.1 Å². The highest BCUT2D eigenvalue weighted by atomic mass is 32.1. The number of hydrogen-bond donors (Lipinski definition) is 2. The van der Waals surface area contributed by atoms with Crippen molar-refractivity contribution in [1.82, 2.24) is 9.97 Å². The quantitative estimate of drug-likeness (QED) is 0.900. The Morgan fingerprint density at radius 2 is 2.42 bits per heavy atom. The predicted molar refractivity (Wildman–Crippen MR) is 74.7 cm³/mol. The first kappa shape index (κ1) is 12.3. The first-order chi connectivity index (χ1) is 9.15. The van der Waals surface area contributed by atoms with Crippen LogP contribution in [0.1, 0.15) is 23.8 Å². The maximum Gasteiger partial charge on any atom is 0.322 e. The van der Waals surface area contributed by atoms with Crippen LogP contribution in [0.4, 0.5) is 5.82 Å². The van der Waals surface area contributed by atoms with Gasteiger partial charge in [-0.15, -0.1) is 11.3 Å². The number of fused-ring (bicyclic) bond motifs is 3. The van der Waals surface area contributed by atoms with E-state index < -0.39 is 5.97 Å². The smallest absolute Gasteiger partial charge is 0.322 e. The average molecular weight is 277 g/mol. The average Bonchev–Trinajstić information content (AvgIpc) is 2.73. The molecule has 6 heteroatoms. The van der Waals surface area contributed by atoms with E-state index in [2.05, 4.69) is 22.2 Å². The van der Waals surface area contributed by atoms with E-state index in [9.17, 15) is 4.79 Å². The molecule has 100 valence electrons. The Hall–Kier alpha value is -1.69. The zero-order valence-corrected chi connectivity index (χ0v) is 11.5. The van der Waals surface area contributed by atoms with Gasteiger partial charge in [-0.3, -0.25) is 4.79 Å². The molecule has 0 saturated carbocycles. The Labute approximate surface area is 114 Å². The van der Waals surface area contributed by atoms with Crippen LogP contribution in [-0.2, 0) is 17.6 Å². The van der Waals surface area contributed by atoms with Crippen LogP contribution in [0.25, 0.3) is 10.2 Å². The molecule has 1 unspecified atom stereocenters. The van der Waals surface area contributed by atoms with E-state index in [0.29, 0.717) is 11.7 Å². The molecule has 2 N–H and O–H groups in total. The molecule has 19 heavy (non-hydrogen) atoms. The lowest BCUT2D eigenvalue weighted by Crippen LogP contribution is -2.14. The lowest BCUT2D eigenvalue weighted by Gasteiger charge is -2.18. The minimum Gasteiger partial charge on any atom is -0.480 e. The molecule has 0 fully saturated rings. The van der Waals surface area contributed by atoms with Gasteiger partial charge in [-0.25, -0.2) is 9.97 Å². The summed E-state index contributed by atoms with van der Waals surface area (Å²) in [6, 6.07) is 0. The van der Waals surface area contributed by atoms with E-state index in [4.69, 9.17) is 5.11 Å². The highest BCUT2D eigenvalue weighted by Gasteiger charge is 2.23. The van der Waals surface area contributed by atoms with Gasteiger partial charge < -0.3 is 10.4 Å². The molecule has 2 heterocycles. The number of carboxylic acids is 1. The number of aryl methyl sites for hydroxylation is 1. The second kappa shape index (κ2) is 4.77. The third kappa shape index (κ3) is 2.28. The Bertz CT molecular complexity index is 638. The van der Waals surface area contributed by atoms with Crippen molar-refractivity contribution in [3.63, 3.8) is 0 Å². The first-order valence-corrected chi connectivity index (χ1v) is 7.17. The summed E-state index contributed by atoms with van der Waals surface area (Å²) >= 11 is 1.71. The number of rotatable bonds is 3.